The summed E-state index contributed by atoms with van der Waals surface area (Å²) >= 11 is 5.89. The minimum absolute atomic E-state index is 0.234. The number of aryl methyl sites for hydroxylation is 1. The Balaban J connectivity index is 1.39. The van der Waals surface area contributed by atoms with Gasteiger partial charge in [-0.3, -0.25) is 9.69 Å². The molecule has 2 heterocycles. The highest BCUT2D eigenvalue weighted by atomic mass is 35.5. The average Bonchev–Trinajstić information content (AvgIpc) is 3.20. The van der Waals surface area contributed by atoms with E-state index in [2.05, 4.69) is 20.2 Å². The fourth-order valence-electron chi connectivity index (χ4n) is 3.68. The molecule has 0 radical (unpaired) electrons. The van der Waals surface area contributed by atoms with Crippen molar-refractivity contribution in [2.75, 3.05) is 18.4 Å². The highest BCUT2D eigenvalue weighted by molar-refractivity contribution is 6.30. The zero-order valence-electron chi connectivity index (χ0n) is 16.7. The van der Waals surface area contributed by atoms with E-state index >= 15 is 0 Å². The first kappa shape index (κ1) is 20.3. The second kappa shape index (κ2) is 8.81. The number of benzene rings is 2. The summed E-state index contributed by atoms with van der Waals surface area (Å²) in [4.78, 5) is 24.1. The van der Waals surface area contributed by atoms with Crippen molar-refractivity contribution in [3.63, 3.8) is 0 Å². The third kappa shape index (κ3) is 4.78. The van der Waals surface area contributed by atoms with Gasteiger partial charge >= 0.3 is 0 Å². The van der Waals surface area contributed by atoms with Gasteiger partial charge in [0.2, 0.25) is 0 Å². The van der Waals surface area contributed by atoms with Crippen molar-refractivity contribution in [3.8, 4) is 5.75 Å². The van der Waals surface area contributed by atoms with Crippen molar-refractivity contribution in [2.45, 2.75) is 25.8 Å². The normalized spacial score (nSPS) is 16.5. The summed E-state index contributed by atoms with van der Waals surface area (Å²) in [6.45, 7) is 4.51. The van der Waals surface area contributed by atoms with Gasteiger partial charge < -0.3 is 10.4 Å². The van der Waals surface area contributed by atoms with Crippen LogP contribution in [0.25, 0.3) is 0 Å². The van der Waals surface area contributed by atoms with Crippen molar-refractivity contribution in [3.05, 3.63) is 82.4 Å². The number of carbonyl (C=O) groups is 1. The molecule has 2 N–H and O–H groups in total. The molecule has 1 amide bonds. The Hall–Kier alpha value is -2.96. The van der Waals surface area contributed by atoms with Crippen molar-refractivity contribution in [2.24, 2.45) is 0 Å². The van der Waals surface area contributed by atoms with Crippen LogP contribution in [0, 0.1) is 6.92 Å². The van der Waals surface area contributed by atoms with Gasteiger partial charge in [-0.1, -0.05) is 23.7 Å². The SMILES string of the molecule is Cc1nc(C2CCN(Cc3ccc(O)cc3)C2)ncc1C(=O)Nc1ccc(Cl)cc1. The lowest BCUT2D eigenvalue weighted by atomic mass is 10.1. The number of amides is 1. The van der Waals surface area contributed by atoms with Crippen molar-refractivity contribution in [1.29, 1.82) is 0 Å². The van der Waals surface area contributed by atoms with Crippen LogP contribution in [-0.2, 0) is 6.54 Å². The van der Waals surface area contributed by atoms with E-state index in [-0.39, 0.29) is 17.6 Å². The molecule has 1 fully saturated rings. The summed E-state index contributed by atoms with van der Waals surface area (Å²) in [6.07, 6.45) is 2.60. The van der Waals surface area contributed by atoms with E-state index in [1.165, 1.54) is 5.56 Å². The second-order valence-electron chi connectivity index (χ2n) is 7.58. The Morgan fingerprint density at radius 2 is 1.93 bits per heavy atom. The van der Waals surface area contributed by atoms with Crippen LogP contribution in [-0.4, -0.2) is 39.0 Å². The topological polar surface area (TPSA) is 78.3 Å². The van der Waals surface area contributed by atoms with Crippen LogP contribution in [0.15, 0.2) is 54.7 Å². The molecule has 6 nitrogen and oxygen atoms in total. The molecule has 3 aromatic rings. The summed E-state index contributed by atoms with van der Waals surface area (Å²) in [5.74, 6) is 1.07. The van der Waals surface area contributed by atoms with E-state index < -0.39 is 0 Å². The Bertz CT molecular complexity index is 1040. The minimum atomic E-state index is -0.234. The molecule has 1 saturated heterocycles. The van der Waals surface area contributed by atoms with Gasteiger partial charge in [-0.05, 0) is 61.9 Å². The number of rotatable bonds is 5. The quantitative estimate of drug-likeness (QED) is 0.637. The summed E-state index contributed by atoms with van der Waals surface area (Å²) in [5.41, 5.74) is 2.98. The number of likely N-dealkylation sites (tertiary alicyclic amines) is 1. The largest absolute Gasteiger partial charge is 0.508 e. The van der Waals surface area contributed by atoms with Crippen molar-refractivity contribution < 1.29 is 9.90 Å². The van der Waals surface area contributed by atoms with Crippen LogP contribution in [0.2, 0.25) is 5.02 Å². The summed E-state index contributed by atoms with van der Waals surface area (Å²) in [5, 5.41) is 12.9. The number of nitrogens with zero attached hydrogens (tertiary/aromatic N) is 3. The zero-order valence-corrected chi connectivity index (χ0v) is 17.4. The number of aromatic hydroxyl groups is 1. The molecule has 1 aliphatic heterocycles. The summed E-state index contributed by atoms with van der Waals surface area (Å²) in [7, 11) is 0. The van der Waals surface area contributed by atoms with E-state index in [0.717, 1.165) is 31.9 Å². The highest BCUT2D eigenvalue weighted by Crippen LogP contribution is 2.27. The summed E-state index contributed by atoms with van der Waals surface area (Å²) < 4.78 is 0. The van der Waals surface area contributed by atoms with Gasteiger partial charge in [0.1, 0.15) is 11.6 Å². The number of carbonyl (C=O) groups excluding carboxylic acids is 1. The maximum absolute atomic E-state index is 12.6. The van der Waals surface area contributed by atoms with Crippen molar-refractivity contribution >= 4 is 23.2 Å². The smallest absolute Gasteiger partial charge is 0.259 e. The molecule has 7 heteroatoms. The lowest BCUT2D eigenvalue weighted by Crippen LogP contribution is -2.20. The van der Waals surface area contributed by atoms with Gasteiger partial charge in [-0.2, -0.15) is 0 Å². The lowest BCUT2D eigenvalue weighted by Gasteiger charge is -2.16. The van der Waals surface area contributed by atoms with Crippen LogP contribution < -0.4 is 5.32 Å². The molecule has 0 aliphatic carbocycles. The first-order valence-electron chi connectivity index (χ1n) is 9.88. The first-order chi connectivity index (χ1) is 14.5. The Morgan fingerprint density at radius 1 is 1.20 bits per heavy atom. The fourth-order valence-corrected chi connectivity index (χ4v) is 3.81. The number of hydrogen-bond donors (Lipinski definition) is 2. The maximum Gasteiger partial charge on any atom is 0.259 e. The van der Waals surface area contributed by atoms with Crippen molar-refractivity contribution in [1.82, 2.24) is 14.9 Å². The predicted molar refractivity (Wildman–Crippen MR) is 117 cm³/mol. The lowest BCUT2D eigenvalue weighted by molar-refractivity contribution is 0.102. The van der Waals surface area contributed by atoms with Gasteiger partial charge in [0.25, 0.3) is 5.91 Å². The highest BCUT2D eigenvalue weighted by Gasteiger charge is 2.26. The molecule has 1 atom stereocenters. The van der Waals surface area contributed by atoms with Gasteiger partial charge in [0.05, 0.1) is 11.3 Å². The fraction of sp³-hybridized carbons (Fsp3) is 0.261. The minimum Gasteiger partial charge on any atom is -0.508 e. The Kier molecular flexibility index (Phi) is 5.97. The van der Waals surface area contributed by atoms with E-state index in [4.69, 9.17) is 11.6 Å². The van der Waals surface area contributed by atoms with Crippen LogP contribution in [0.1, 0.15) is 39.8 Å². The van der Waals surface area contributed by atoms with E-state index in [9.17, 15) is 9.90 Å². The number of nitrogens with one attached hydrogen (secondary N) is 1. The standard InChI is InChI=1S/C23H23ClN4O2/c1-15-21(23(30)27-19-6-4-18(24)5-7-19)12-25-22(26-15)17-10-11-28(14-17)13-16-2-8-20(29)9-3-16/h2-9,12,17,29H,10-11,13-14H2,1H3,(H,27,30). The van der Waals surface area contributed by atoms with Gasteiger partial charge in [0, 0.05) is 35.9 Å². The van der Waals surface area contributed by atoms with Crippen LogP contribution in [0.4, 0.5) is 5.69 Å². The number of phenols is 1. The summed E-state index contributed by atoms with van der Waals surface area (Å²) in [6, 6.07) is 14.3. The molecule has 30 heavy (non-hydrogen) atoms. The molecule has 1 unspecified atom stereocenters. The van der Waals surface area contributed by atoms with Crippen LogP contribution in [0.5, 0.6) is 5.75 Å². The number of phenolic OH excluding ortho intramolecular Hbond substituents is 1. The van der Waals surface area contributed by atoms with Crippen LogP contribution >= 0.6 is 11.6 Å². The second-order valence-corrected chi connectivity index (χ2v) is 8.01. The molecule has 1 aliphatic rings. The van der Waals surface area contributed by atoms with E-state index in [1.807, 2.05) is 19.1 Å². The molecule has 1 aromatic heterocycles. The first-order valence-corrected chi connectivity index (χ1v) is 10.3. The Labute approximate surface area is 180 Å². The molecule has 0 spiro atoms. The predicted octanol–water partition coefficient (Wildman–Crippen LogP) is 4.39. The number of aromatic nitrogens is 2. The zero-order chi connectivity index (χ0) is 21.1. The molecule has 154 valence electrons. The number of halogens is 1. The van der Waals surface area contributed by atoms with Crippen LogP contribution in [0.3, 0.4) is 0 Å². The maximum atomic E-state index is 12.6. The molecular weight excluding hydrogens is 400 g/mol. The molecule has 0 bridgehead atoms. The monoisotopic (exact) mass is 422 g/mol. The third-order valence-electron chi connectivity index (χ3n) is 5.32. The van der Waals surface area contributed by atoms with E-state index in [0.29, 0.717) is 22.0 Å². The molecular formula is C23H23ClN4O2. The van der Waals surface area contributed by atoms with Gasteiger partial charge in [-0.15, -0.1) is 0 Å². The number of anilines is 1. The molecule has 2 aromatic carbocycles. The van der Waals surface area contributed by atoms with Gasteiger partial charge in [0.15, 0.2) is 0 Å². The molecule has 4 rings (SSSR count). The Morgan fingerprint density at radius 3 is 2.63 bits per heavy atom. The average molecular weight is 423 g/mol. The molecule has 0 saturated carbocycles. The number of hydrogen-bond acceptors (Lipinski definition) is 5. The third-order valence-corrected chi connectivity index (χ3v) is 5.58. The van der Waals surface area contributed by atoms with Gasteiger partial charge in [-0.25, -0.2) is 9.97 Å². The van der Waals surface area contributed by atoms with E-state index in [1.54, 1.807) is 42.6 Å².